The average molecular weight is 536 g/mol. The van der Waals surface area contributed by atoms with Gasteiger partial charge < -0.3 is 14.7 Å². The molecule has 2 aliphatic rings. The third-order valence-corrected chi connectivity index (χ3v) is 6.66. The largest absolute Gasteiger partial charge is 0.493 e. The van der Waals surface area contributed by atoms with Gasteiger partial charge in [0, 0.05) is 41.4 Å². The van der Waals surface area contributed by atoms with Gasteiger partial charge in [-0.1, -0.05) is 29.8 Å². The number of alkyl halides is 3. The van der Waals surface area contributed by atoms with Crippen LogP contribution in [-0.2, 0) is 35.3 Å². The normalized spacial score (nSPS) is 14.9. The fourth-order valence-electron chi connectivity index (χ4n) is 4.40. The highest BCUT2D eigenvalue weighted by molar-refractivity contribution is 6.31. The molecule has 37 heavy (non-hydrogen) atoms. The fourth-order valence-corrected chi connectivity index (χ4v) is 4.60. The van der Waals surface area contributed by atoms with Crippen molar-refractivity contribution < 1.29 is 32.6 Å². The first-order valence-corrected chi connectivity index (χ1v) is 12.1. The number of carbonyl (C=O) groups is 2. The van der Waals surface area contributed by atoms with Crippen LogP contribution in [-0.4, -0.2) is 58.0 Å². The molecule has 2 aromatic carbocycles. The van der Waals surface area contributed by atoms with Gasteiger partial charge in [-0.15, -0.1) is 0 Å². The highest BCUT2D eigenvalue weighted by Gasteiger charge is 2.38. The zero-order valence-corrected chi connectivity index (χ0v) is 20.5. The smallest absolute Gasteiger partial charge is 0.490 e. The summed E-state index contributed by atoms with van der Waals surface area (Å²) in [4.78, 5) is 23.7. The molecule has 3 aromatic rings. The van der Waals surface area contributed by atoms with Crippen molar-refractivity contribution in [2.75, 3.05) is 19.7 Å². The van der Waals surface area contributed by atoms with Crippen LogP contribution in [0.15, 0.2) is 42.5 Å². The molecular weight excluding hydrogens is 511 g/mol. The molecule has 3 heterocycles. The molecule has 0 fully saturated rings. The van der Waals surface area contributed by atoms with Crippen LogP contribution < -0.4 is 4.74 Å². The van der Waals surface area contributed by atoms with E-state index < -0.39 is 12.1 Å². The number of aliphatic carboxylic acids is 1. The zero-order chi connectivity index (χ0) is 26.6. The van der Waals surface area contributed by atoms with Gasteiger partial charge in [0.25, 0.3) is 0 Å². The minimum atomic E-state index is -5.08. The number of nitrogens with zero attached hydrogens (tertiary/aromatic N) is 2. The first kappa shape index (κ1) is 26.5. The van der Waals surface area contributed by atoms with Crippen molar-refractivity contribution in [1.82, 2.24) is 15.1 Å². The second kappa shape index (κ2) is 11.2. The van der Waals surface area contributed by atoms with Crippen LogP contribution in [0, 0.1) is 0 Å². The number of amides is 1. The van der Waals surface area contributed by atoms with Gasteiger partial charge >= 0.3 is 12.1 Å². The first-order valence-electron chi connectivity index (χ1n) is 11.8. The highest BCUT2D eigenvalue weighted by Crippen LogP contribution is 2.32. The summed E-state index contributed by atoms with van der Waals surface area (Å²) in [7, 11) is 0. The Morgan fingerprint density at radius 2 is 1.84 bits per heavy atom. The van der Waals surface area contributed by atoms with E-state index in [1.807, 2.05) is 29.2 Å². The van der Waals surface area contributed by atoms with Crippen LogP contribution in [0.1, 0.15) is 28.8 Å². The molecule has 2 N–H and O–H groups in total. The lowest BCUT2D eigenvalue weighted by molar-refractivity contribution is -0.192. The van der Waals surface area contributed by atoms with E-state index in [0.29, 0.717) is 24.5 Å². The minimum absolute atomic E-state index is 0.119. The average Bonchev–Trinajstić information content (AvgIpc) is 3.15. The number of fused-ring (bicyclic) bond motifs is 2. The van der Waals surface area contributed by atoms with Gasteiger partial charge in [0.15, 0.2) is 0 Å². The Bertz CT molecular complexity index is 1290. The maximum absolute atomic E-state index is 12.9. The summed E-state index contributed by atoms with van der Waals surface area (Å²) in [5, 5.41) is 15.6. The van der Waals surface area contributed by atoms with Gasteiger partial charge in [-0.2, -0.15) is 18.3 Å². The second-order valence-electron chi connectivity index (χ2n) is 8.76. The van der Waals surface area contributed by atoms with Crippen molar-refractivity contribution in [3.8, 4) is 17.0 Å². The first-order chi connectivity index (χ1) is 17.6. The molecule has 5 rings (SSSR count). The van der Waals surface area contributed by atoms with Crippen LogP contribution in [0.2, 0.25) is 5.02 Å². The maximum Gasteiger partial charge on any atom is 0.490 e. The second-order valence-corrected chi connectivity index (χ2v) is 9.16. The van der Waals surface area contributed by atoms with E-state index >= 15 is 0 Å². The van der Waals surface area contributed by atoms with Gasteiger partial charge in [0.05, 0.1) is 18.7 Å². The van der Waals surface area contributed by atoms with Crippen LogP contribution in [0.5, 0.6) is 5.75 Å². The van der Waals surface area contributed by atoms with E-state index in [2.05, 4.69) is 28.4 Å². The fraction of sp³-hybridized carbons (Fsp3) is 0.346. The number of carboxylic acid groups (broad SMARTS) is 1. The number of nitrogens with one attached hydrogen (secondary N) is 1. The third-order valence-electron chi connectivity index (χ3n) is 6.29. The molecule has 7 nitrogen and oxygen atoms in total. The number of benzene rings is 2. The van der Waals surface area contributed by atoms with Crippen molar-refractivity contribution in [2.24, 2.45) is 0 Å². The molecule has 0 saturated carbocycles. The molecule has 11 heteroatoms. The molecule has 0 spiro atoms. The molecular formula is C26H25ClF3N3O4. The molecule has 0 saturated heterocycles. The Hall–Kier alpha value is -3.53. The van der Waals surface area contributed by atoms with Crippen molar-refractivity contribution in [3.63, 3.8) is 0 Å². The van der Waals surface area contributed by atoms with E-state index in [0.717, 1.165) is 60.6 Å². The molecule has 1 aromatic heterocycles. The van der Waals surface area contributed by atoms with Gasteiger partial charge in [-0.05, 0) is 54.7 Å². The van der Waals surface area contributed by atoms with Crippen LogP contribution in [0.4, 0.5) is 13.2 Å². The molecule has 196 valence electrons. The molecule has 0 radical (unpaired) electrons. The lowest BCUT2D eigenvalue weighted by Gasteiger charge is -2.21. The van der Waals surface area contributed by atoms with E-state index in [4.69, 9.17) is 26.2 Å². The lowest BCUT2D eigenvalue weighted by Crippen LogP contribution is -2.34. The van der Waals surface area contributed by atoms with Gasteiger partial charge in [0.2, 0.25) is 5.91 Å². The number of hydrogen-bond donors (Lipinski definition) is 2. The molecule has 1 amide bonds. The van der Waals surface area contributed by atoms with E-state index in [9.17, 15) is 18.0 Å². The van der Waals surface area contributed by atoms with E-state index in [1.54, 1.807) is 0 Å². The number of rotatable bonds is 3. The van der Waals surface area contributed by atoms with Crippen molar-refractivity contribution in [2.45, 2.75) is 38.3 Å². The number of ether oxygens (including phenoxy) is 1. The topological polar surface area (TPSA) is 95.5 Å². The molecule has 0 atom stereocenters. The van der Waals surface area contributed by atoms with Crippen LogP contribution in [0.3, 0.4) is 0 Å². The Balaban J connectivity index is 0.000000405. The molecule has 0 aliphatic carbocycles. The van der Waals surface area contributed by atoms with E-state index in [1.165, 1.54) is 11.1 Å². The Morgan fingerprint density at radius 3 is 2.57 bits per heavy atom. The number of halogens is 4. The van der Waals surface area contributed by atoms with Crippen LogP contribution in [0.25, 0.3) is 11.3 Å². The number of carbonyl (C=O) groups excluding carboxylic acids is 1. The van der Waals surface area contributed by atoms with E-state index in [-0.39, 0.29) is 5.91 Å². The van der Waals surface area contributed by atoms with Crippen molar-refractivity contribution in [3.05, 3.63) is 69.9 Å². The predicted octanol–water partition coefficient (Wildman–Crippen LogP) is 4.86. The Labute approximate surface area is 216 Å². The third kappa shape index (κ3) is 6.43. The molecule has 2 aliphatic heterocycles. The SMILES string of the molecule is O=C(Cc1ccccc1Cl)N1CCc2[nH]nc(-c3ccc4c(c3)CCCO4)c2CC1.O=C(O)C(F)(F)F. The number of H-pyrrole nitrogens is 1. The minimum Gasteiger partial charge on any atom is -0.493 e. The summed E-state index contributed by atoms with van der Waals surface area (Å²) in [5.74, 6) is -1.65. The maximum atomic E-state index is 12.9. The molecule has 0 bridgehead atoms. The van der Waals surface area contributed by atoms with Crippen molar-refractivity contribution in [1.29, 1.82) is 0 Å². The number of aryl methyl sites for hydroxylation is 1. The highest BCUT2D eigenvalue weighted by atomic mass is 35.5. The summed E-state index contributed by atoms with van der Waals surface area (Å²) in [6.07, 6.45) is -1.07. The number of aromatic amines is 1. The summed E-state index contributed by atoms with van der Waals surface area (Å²) in [6.45, 7) is 2.18. The number of hydrogen-bond acceptors (Lipinski definition) is 4. The summed E-state index contributed by atoms with van der Waals surface area (Å²) >= 11 is 6.24. The zero-order valence-electron chi connectivity index (χ0n) is 19.8. The summed E-state index contributed by atoms with van der Waals surface area (Å²) in [6, 6.07) is 13.9. The van der Waals surface area contributed by atoms with Crippen molar-refractivity contribution >= 4 is 23.5 Å². The van der Waals surface area contributed by atoms with Gasteiger partial charge in [-0.3, -0.25) is 9.89 Å². The summed E-state index contributed by atoms with van der Waals surface area (Å²) in [5.41, 5.74) is 6.60. The summed E-state index contributed by atoms with van der Waals surface area (Å²) < 4.78 is 37.5. The van der Waals surface area contributed by atoms with Gasteiger partial charge in [-0.25, -0.2) is 4.79 Å². The lowest BCUT2D eigenvalue weighted by atomic mass is 9.98. The Morgan fingerprint density at radius 1 is 1.11 bits per heavy atom. The Kier molecular flexibility index (Phi) is 8.06. The monoisotopic (exact) mass is 535 g/mol. The van der Waals surface area contributed by atoms with Gasteiger partial charge in [0.1, 0.15) is 5.75 Å². The quantitative estimate of drug-likeness (QED) is 0.499. The predicted molar refractivity (Wildman–Crippen MR) is 131 cm³/mol. The number of aromatic nitrogens is 2. The standard InChI is InChI=1S/C24H24ClN3O2.C2HF3O2/c25-20-6-2-1-4-16(20)15-23(29)28-11-9-19-21(10-12-28)26-27-24(19)18-7-8-22-17(14-18)5-3-13-30-22;3-2(4,5)1(6)7/h1-2,4,6-8,14H,3,5,9-13,15H2,(H,26,27);(H,6,7). The molecule has 0 unspecified atom stereocenters. The number of carboxylic acids is 1. The van der Waals surface area contributed by atoms with Crippen LogP contribution >= 0.6 is 11.6 Å².